The standard InChI is InChI=1S/C19H17FN2O/c1-3-4-15-11-22-18(20)8-17(15)16-7-14(9-21-10-16)5-6-19(2)12-23-13-19/h7-10,22H,11-13H2,1-2H3. The molecular weight excluding hydrogens is 291 g/mol. The van der Waals surface area contributed by atoms with Gasteiger partial charge in [-0.15, -0.1) is 5.92 Å². The van der Waals surface area contributed by atoms with Crippen LogP contribution in [-0.4, -0.2) is 24.7 Å². The summed E-state index contributed by atoms with van der Waals surface area (Å²) in [6, 6.07) is 1.92. The third-order valence-corrected chi connectivity index (χ3v) is 3.71. The highest BCUT2D eigenvalue weighted by atomic mass is 19.1. The molecule has 0 saturated carbocycles. The first-order chi connectivity index (χ1) is 11.1. The molecule has 4 heteroatoms. The minimum Gasteiger partial charge on any atom is -0.378 e. The van der Waals surface area contributed by atoms with Crippen LogP contribution in [0.3, 0.4) is 0 Å². The molecule has 3 rings (SSSR count). The predicted octanol–water partition coefficient (Wildman–Crippen LogP) is 2.66. The normalized spacial score (nSPS) is 18.5. The molecule has 0 aliphatic carbocycles. The maximum atomic E-state index is 13.6. The molecule has 1 fully saturated rings. The third kappa shape index (κ3) is 3.44. The monoisotopic (exact) mass is 308 g/mol. The molecule has 0 radical (unpaired) electrons. The molecule has 0 unspecified atom stereocenters. The number of halogens is 1. The number of allylic oxidation sites excluding steroid dienone is 2. The number of nitrogens with one attached hydrogen (secondary N) is 1. The molecule has 1 saturated heterocycles. The van der Waals surface area contributed by atoms with Crippen LogP contribution in [0.1, 0.15) is 25.0 Å². The first-order valence-corrected chi connectivity index (χ1v) is 7.43. The fourth-order valence-corrected chi connectivity index (χ4v) is 2.41. The Kier molecular flexibility index (Phi) is 4.19. The molecule has 0 amide bonds. The van der Waals surface area contributed by atoms with E-state index >= 15 is 0 Å². The SMILES string of the molecule is CC#CC1=C(c2cncc(C#CC3(C)COC3)c2)C=C(F)NC1. The van der Waals surface area contributed by atoms with Crippen molar-refractivity contribution in [3.8, 4) is 23.7 Å². The Hall–Kier alpha value is -2.56. The van der Waals surface area contributed by atoms with Crippen molar-refractivity contribution in [2.24, 2.45) is 5.41 Å². The molecule has 3 heterocycles. The van der Waals surface area contributed by atoms with E-state index in [4.69, 9.17) is 4.74 Å². The summed E-state index contributed by atoms with van der Waals surface area (Å²) in [7, 11) is 0. The van der Waals surface area contributed by atoms with Crippen LogP contribution in [0.5, 0.6) is 0 Å². The van der Waals surface area contributed by atoms with Crippen LogP contribution in [0.15, 0.2) is 36.1 Å². The second-order valence-electron chi connectivity index (χ2n) is 5.88. The number of hydrogen-bond donors (Lipinski definition) is 1. The van der Waals surface area contributed by atoms with E-state index in [1.54, 1.807) is 19.3 Å². The summed E-state index contributed by atoms with van der Waals surface area (Å²) < 4.78 is 18.8. The fraction of sp³-hybridized carbons (Fsp3) is 0.316. The number of dihydropyridines is 1. The lowest BCUT2D eigenvalue weighted by Gasteiger charge is -2.32. The predicted molar refractivity (Wildman–Crippen MR) is 87.6 cm³/mol. The number of ether oxygens (including phenoxy) is 1. The van der Waals surface area contributed by atoms with E-state index in [-0.39, 0.29) is 11.4 Å². The van der Waals surface area contributed by atoms with Gasteiger partial charge in [-0.2, -0.15) is 4.39 Å². The Morgan fingerprint density at radius 1 is 1.30 bits per heavy atom. The van der Waals surface area contributed by atoms with Crippen molar-refractivity contribution in [3.63, 3.8) is 0 Å². The average molecular weight is 308 g/mol. The van der Waals surface area contributed by atoms with Crippen molar-refractivity contribution < 1.29 is 9.13 Å². The molecule has 0 atom stereocenters. The van der Waals surface area contributed by atoms with Crippen molar-refractivity contribution >= 4 is 5.57 Å². The van der Waals surface area contributed by atoms with E-state index in [1.165, 1.54) is 6.08 Å². The Morgan fingerprint density at radius 3 is 2.83 bits per heavy atom. The molecule has 1 aromatic heterocycles. The van der Waals surface area contributed by atoms with E-state index in [2.05, 4.69) is 40.9 Å². The van der Waals surface area contributed by atoms with Gasteiger partial charge in [-0.3, -0.25) is 4.98 Å². The van der Waals surface area contributed by atoms with Crippen LogP contribution >= 0.6 is 0 Å². The van der Waals surface area contributed by atoms with Gasteiger partial charge in [0.1, 0.15) is 0 Å². The van der Waals surface area contributed by atoms with Gasteiger partial charge >= 0.3 is 0 Å². The van der Waals surface area contributed by atoms with Gasteiger partial charge < -0.3 is 10.1 Å². The van der Waals surface area contributed by atoms with Crippen molar-refractivity contribution in [1.29, 1.82) is 0 Å². The summed E-state index contributed by atoms with van der Waals surface area (Å²) in [6.07, 6.45) is 4.88. The Bertz CT molecular complexity index is 811. The lowest BCUT2D eigenvalue weighted by atomic mass is 9.89. The second-order valence-corrected chi connectivity index (χ2v) is 5.88. The number of hydrogen-bond acceptors (Lipinski definition) is 3. The van der Waals surface area contributed by atoms with Crippen molar-refractivity contribution in [1.82, 2.24) is 10.3 Å². The molecule has 2 aliphatic rings. The van der Waals surface area contributed by atoms with Gasteiger partial charge in [-0.1, -0.05) is 17.8 Å². The summed E-state index contributed by atoms with van der Waals surface area (Å²) in [5, 5.41) is 2.66. The van der Waals surface area contributed by atoms with E-state index in [1.807, 2.05) is 6.07 Å². The van der Waals surface area contributed by atoms with Crippen LogP contribution in [0, 0.1) is 29.1 Å². The first-order valence-electron chi connectivity index (χ1n) is 7.43. The quantitative estimate of drug-likeness (QED) is 0.640. The number of nitrogens with zero attached hydrogens (tertiary/aromatic N) is 1. The van der Waals surface area contributed by atoms with Crippen LogP contribution in [-0.2, 0) is 4.74 Å². The van der Waals surface area contributed by atoms with Crippen molar-refractivity contribution in [2.75, 3.05) is 19.8 Å². The van der Waals surface area contributed by atoms with Crippen LogP contribution in [0.4, 0.5) is 4.39 Å². The lowest BCUT2D eigenvalue weighted by Crippen LogP contribution is -2.38. The van der Waals surface area contributed by atoms with E-state index in [0.717, 1.165) is 22.3 Å². The maximum Gasteiger partial charge on any atom is 0.187 e. The topological polar surface area (TPSA) is 34.1 Å². The Morgan fingerprint density at radius 2 is 2.13 bits per heavy atom. The zero-order valence-electron chi connectivity index (χ0n) is 13.2. The first kappa shape index (κ1) is 15.3. The largest absolute Gasteiger partial charge is 0.378 e. The fourth-order valence-electron chi connectivity index (χ4n) is 2.41. The highest BCUT2D eigenvalue weighted by Crippen LogP contribution is 2.26. The van der Waals surface area contributed by atoms with Gasteiger partial charge in [0.15, 0.2) is 5.95 Å². The van der Waals surface area contributed by atoms with Gasteiger partial charge in [-0.05, 0) is 26.0 Å². The van der Waals surface area contributed by atoms with E-state index < -0.39 is 0 Å². The lowest BCUT2D eigenvalue weighted by molar-refractivity contribution is -0.0648. The number of aromatic nitrogens is 1. The molecule has 23 heavy (non-hydrogen) atoms. The minimum absolute atomic E-state index is 0.0745. The van der Waals surface area contributed by atoms with Crippen molar-refractivity contribution in [2.45, 2.75) is 13.8 Å². The summed E-state index contributed by atoms with van der Waals surface area (Å²) in [6.45, 7) is 5.54. The smallest absolute Gasteiger partial charge is 0.187 e. The summed E-state index contributed by atoms with van der Waals surface area (Å²) in [4.78, 5) is 4.24. The second kappa shape index (κ2) is 6.28. The molecular formula is C19H17FN2O. The van der Waals surface area contributed by atoms with Gasteiger partial charge in [0, 0.05) is 34.7 Å². The molecule has 0 aromatic carbocycles. The number of rotatable bonds is 1. The van der Waals surface area contributed by atoms with E-state index in [9.17, 15) is 4.39 Å². The van der Waals surface area contributed by atoms with E-state index in [0.29, 0.717) is 19.8 Å². The van der Waals surface area contributed by atoms with Crippen LogP contribution in [0.25, 0.3) is 5.57 Å². The summed E-state index contributed by atoms with van der Waals surface area (Å²) in [5.74, 6) is 11.9. The molecule has 1 aromatic rings. The molecule has 0 bridgehead atoms. The third-order valence-electron chi connectivity index (χ3n) is 3.71. The highest BCUT2D eigenvalue weighted by Gasteiger charge is 2.31. The molecule has 0 spiro atoms. The molecule has 2 aliphatic heterocycles. The summed E-state index contributed by atoms with van der Waals surface area (Å²) >= 11 is 0. The van der Waals surface area contributed by atoms with Gasteiger partial charge in [0.2, 0.25) is 0 Å². The van der Waals surface area contributed by atoms with Crippen LogP contribution in [0.2, 0.25) is 0 Å². The Balaban J connectivity index is 1.96. The Labute approximate surface area is 135 Å². The number of pyridine rings is 1. The van der Waals surface area contributed by atoms with Gasteiger partial charge in [0.05, 0.1) is 25.2 Å². The van der Waals surface area contributed by atoms with Crippen molar-refractivity contribution in [3.05, 3.63) is 47.2 Å². The molecule has 1 N–H and O–H groups in total. The minimum atomic E-state index is -0.364. The van der Waals surface area contributed by atoms with Crippen LogP contribution < -0.4 is 5.32 Å². The molecule has 116 valence electrons. The zero-order chi connectivity index (χ0) is 16.3. The highest BCUT2D eigenvalue weighted by molar-refractivity contribution is 5.81. The maximum absolute atomic E-state index is 13.6. The zero-order valence-corrected chi connectivity index (χ0v) is 13.2. The van der Waals surface area contributed by atoms with Gasteiger partial charge in [-0.25, -0.2) is 0 Å². The average Bonchev–Trinajstić information content (AvgIpc) is 2.53. The summed E-state index contributed by atoms with van der Waals surface area (Å²) in [5.41, 5.74) is 3.15. The van der Waals surface area contributed by atoms with Gasteiger partial charge in [0.25, 0.3) is 0 Å². The molecule has 3 nitrogen and oxygen atoms in total.